The van der Waals surface area contributed by atoms with E-state index >= 15 is 0 Å². The number of hydrogen-bond donors (Lipinski definition) is 1. The first kappa shape index (κ1) is 19.3. The molecule has 1 aromatic heterocycles. The zero-order chi connectivity index (χ0) is 19.5. The van der Waals surface area contributed by atoms with Crippen LogP contribution >= 0.6 is 23.8 Å². The largest absolute Gasteiger partial charge is 0.392 e. The molecule has 146 valence electrons. The van der Waals surface area contributed by atoms with E-state index in [1.165, 1.54) is 5.56 Å². The van der Waals surface area contributed by atoms with Gasteiger partial charge in [0, 0.05) is 23.7 Å². The van der Waals surface area contributed by atoms with Crippen LogP contribution in [0.25, 0.3) is 11.4 Å². The Labute approximate surface area is 174 Å². The van der Waals surface area contributed by atoms with Crippen LogP contribution in [0.15, 0.2) is 54.6 Å². The van der Waals surface area contributed by atoms with E-state index in [0.717, 1.165) is 30.8 Å². The summed E-state index contributed by atoms with van der Waals surface area (Å²) in [6, 6.07) is 17.9. The Kier molecular flexibility index (Phi) is 5.92. The van der Waals surface area contributed by atoms with E-state index in [4.69, 9.17) is 28.9 Å². The van der Waals surface area contributed by atoms with E-state index in [9.17, 15) is 5.11 Å². The van der Waals surface area contributed by atoms with Gasteiger partial charge in [0.2, 0.25) is 0 Å². The van der Waals surface area contributed by atoms with Crippen molar-refractivity contribution in [2.45, 2.75) is 32.2 Å². The molecule has 2 heterocycles. The normalized spacial score (nSPS) is 17.7. The highest BCUT2D eigenvalue weighted by atomic mass is 35.5. The molecule has 0 radical (unpaired) electrons. The zero-order valence-corrected chi connectivity index (χ0v) is 17.1. The monoisotopic (exact) mass is 414 g/mol. The second-order valence-corrected chi connectivity index (χ2v) is 8.00. The van der Waals surface area contributed by atoms with Crippen LogP contribution in [-0.4, -0.2) is 43.5 Å². The van der Waals surface area contributed by atoms with Crippen LogP contribution in [0.3, 0.4) is 0 Å². The number of hydrogen-bond acceptors (Lipinski definition) is 4. The fourth-order valence-electron chi connectivity index (χ4n) is 3.60. The number of β-amino-alcohol motifs (C(OH)–C–C–N with tert-alkyl or cyclic N) is 1. The summed E-state index contributed by atoms with van der Waals surface area (Å²) in [6.07, 6.45) is 1.58. The summed E-state index contributed by atoms with van der Waals surface area (Å²) >= 11 is 11.8. The standard InChI is InChI=1S/C21H23ClN4OS/c22-18-10-8-17(9-11-18)20-23-26(15-24-12-4-7-19(27)14-24)21(28)25(20)13-16-5-2-1-3-6-16/h1-3,5-6,8-11,19,27H,4,7,12-15H2/t19-/m0/s1. The molecule has 1 aliphatic rings. The first-order valence-corrected chi connectivity index (χ1v) is 10.3. The van der Waals surface area contributed by atoms with Crippen molar-refractivity contribution in [1.82, 2.24) is 19.2 Å². The average molecular weight is 415 g/mol. The van der Waals surface area contributed by atoms with E-state index < -0.39 is 0 Å². The molecule has 0 spiro atoms. The Morgan fingerprint density at radius 1 is 1.11 bits per heavy atom. The fourth-order valence-corrected chi connectivity index (χ4v) is 3.98. The Bertz CT molecular complexity index is 984. The van der Waals surface area contributed by atoms with Crippen molar-refractivity contribution in [3.63, 3.8) is 0 Å². The van der Waals surface area contributed by atoms with E-state index in [2.05, 4.69) is 21.6 Å². The lowest BCUT2D eigenvalue weighted by molar-refractivity contribution is 0.0513. The van der Waals surface area contributed by atoms with Gasteiger partial charge in [0.25, 0.3) is 0 Å². The summed E-state index contributed by atoms with van der Waals surface area (Å²) in [5.74, 6) is 0.822. The molecule has 0 amide bonds. The van der Waals surface area contributed by atoms with Crippen LogP contribution in [0.5, 0.6) is 0 Å². The number of nitrogens with zero attached hydrogens (tertiary/aromatic N) is 4. The van der Waals surface area contributed by atoms with Crippen LogP contribution in [0.1, 0.15) is 18.4 Å². The highest BCUT2D eigenvalue weighted by Gasteiger charge is 2.20. The molecule has 0 aliphatic carbocycles. The van der Waals surface area contributed by atoms with Gasteiger partial charge in [0.1, 0.15) is 0 Å². The second kappa shape index (κ2) is 8.57. The number of likely N-dealkylation sites (tertiary alicyclic amines) is 1. The summed E-state index contributed by atoms with van der Waals surface area (Å²) < 4.78 is 4.60. The highest BCUT2D eigenvalue weighted by molar-refractivity contribution is 7.71. The fraction of sp³-hybridized carbons (Fsp3) is 0.333. The van der Waals surface area contributed by atoms with Gasteiger partial charge in [-0.1, -0.05) is 41.9 Å². The molecule has 28 heavy (non-hydrogen) atoms. The molecule has 5 nitrogen and oxygen atoms in total. The Hall–Kier alpha value is -1.99. The number of aromatic nitrogens is 3. The van der Waals surface area contributed by atoms with E-state index in [0.29, 0.717) is 29.6 Å². The van der Waals surface area contributed by atoms with Gasteiger partial charge in [-0.2, -0.15) is 5.10 Å². The SMILES string of the molecule is O[C@H]1CCCN(Cn2nc(-c3ccc(Cl)cc3)n(Cc3ccccc3)c2=S)C1. The average Bonchev–Trinajstić information content (AvgIpc) is 2.99. The third kappa shape index (κ3) is 4.36. The first-order chi connectivity index (χ1) is 13.6. The number of benzene rings is 2. The molecule has 1 saturated heterocycles. The number of piperidine rings is 1. The molecule has 1 atom stereocenters. The molecule has 7 heteroatoms. The van der Waals surface area contributed by atoms with Gasteiger partial charge >= 0.3 is 0 Å². The van der Waals surface area contributed by atoms with E-state index in [1.54, 1.807) is 0 Å². The minimum absolute atomic E-state index is 0.273. The third-order valence-corrected chi connectivity index (χ3v) is 5.71. The minimum atomic E-state index is -0.273. The molecule has 0 saturated carbocycles. The summed E-state index contributed by atoms with van der Waals surface area (Å²) in [5.41, 5.74) is 2.14. The van der Waals surface area contributed by atoms with Crippen LogP contribution in [-0.2, 0) is 13.2 Å². The molecule has 1 aliphatic heterocycles. The smallest absolute Gasteiger partial charge is 0.199 e. The maximum Gasteiger partial charge on any atom is 0.199 e. The number of rotatable bonds is 5. The van der Waals surface area contributed by atoms with Crippen molar-refractivity contribution in [3.8, 4) is 11.4 Å². The molecule has 0 bridgehead atoms. The Morgan fingerprint density at radius 3 is 2.57 bits per heavy atom. The lowest BCUT2D eigenvalue weighted by Crippen LogP contribution is -2.39. The first-order valence-electron chi connectivity index (χ1n) is 9.48. The van der Waals surface area contributed by atoms with Gasteiger partial charge in [-0.15, -0.1) is 0 Å². The van der Waals surface area contributed by atoms with Crippen molar-refractivity contribution < 1.29 is 5.11 Å². The van der Waals surface area contributed by atoms with Gasteiger partial charge in [-0.25, -0.2) is 4.68 Å². The van der Waals surface area contributed by atoms with Crippen molar-refractivity contribution in [2.24, 2.45) is 0 Å². The summed E-state index contributed by atoms with van der Waals surface area (Å²) in [4.78, 5) is 2.20. The van der Waals surface area contributed by atoms with Crippen molar-refractivity contribution in [2.75, 3.05) is 13.1 Å². The van der Waals surface area contributed by atoms with Gasteiger partial charge in [-0.3, -0.25) is 9.47 Å². The molecule has 1 N–H and O–H groups in total. The van der Waals surface area contributed by atoms with Crippen molar-refractivity contribution in [3.05, 3.63) is 70.0 Å². The minimum Gasteiger partial charge on any atom is -0.392 e. The molecular formula is C21H23ClN4OS. The molecule has 1 fully saturated rings. The predicted octanol–water partition coefficient (Wildman–Crippen LogP) is 4.20. The quantitative estimate of drug-likeness (QED) is 0.635. The van der Waals surface area contributed by atoms with Gasteiger partial charge in [-0.05, 0) is 54.9 Å². The van der Waals surface area contributed by atoms with Crippen molar-refractivity contribution >= 4 is 23.8 Å². The summed E-state index contributed by atoms with van der Waals surface area (Å²) in [7, 11) is 0. The molecule has 3 aromatic rings. The molecule has 4 rings (SSSR count). The maximum atomic E-state index is 9.97. The topological polar surface area (TPSA) is 46.2 Å². The lowest BCUT2D eigenvalue weighted by atomic mass is 10.1. The highest BCUT2D eigenvalue weighted by Crippen LogP contribution is 2.22. The van der Waals surface area contributed by atoms with Gasteiger partial charge < -0.3 is 5.11 Å². The van der Waals surface area contributed by atoms with Crippen LogP contribution in [0, 0.1) is 4.77 Å². The van der Waals surface area contributed by atoms with Gasteiger partial charge in [0.15, 0.2) is 10.6 Å². The lowest BCUT2D eigenvalue weighted by Gasteiger charge is -2.29. The molecule has 2 aromatic carbocycles. The number of aliphatic hydroxyl groups is 1. The van der Waals surface area contributed by atoms with E-state index in [-0.39, 0.29) is 6.10 Å². The summed E-state index contributed by atoms with van der Waals surface area (Å²) in [5, 5.41) is 15.5. The molecular weight excluding hydrogens is 392 g/mol. The van der Waals surface area contributed by atoms with Crippen LogP contribution in [0.4, 0.5) is 0 Å². The van der Waals surface area contributed by atoms with Crippen molar-refractivity contribution in [1.29, 1.82) is 0 Å². The Morgan fingerprint density at radius 2 is 1.86 bits per heavy atom. The second-order valence-electron chi connectivity index (χ2n) is 7.20. The number of aliphatic hydroxyl groups excluding tert-OH is 1. The van der Waals surface area contributed by atoms with E-state index in [1.807, 2.05) is 47.1 Å². The molecule has 0 unspecified atom stereocenters. The van der Waals surface area contributed by atoms with Crippen LogP contribution < -0.4 is 0 Å². The predicted molar refractivity (Wildman–Crippen MR) is 114 cm³/mol. The van der Waals surface area contributed by atoms with Gasteiger partial charge in [0.05, 0.1) is 19.3 Å². The van der Waals surface area contributed by atoms with Crippen LogP contribution in [0.2, 0.25) is 5.02 Å². The zero-order valence-electron chi connectivity index (χ0n) is 15.5. The third-order valence-electron chi connectivity index (χ3n) is 5.02. The summed E-state index contributed by atoms with van der Waals surface area (Å²) in [6.45, 7) is 2.84. The Balaban J connectivity index is 1.70. The number of halogens is 1. The maximum absolute atomic E-state index is 9.97.